The van der Waals surface area contributed by atoms with E-state index >= 15 is 0 Å². The van der Waals surface area contributed by atoms with Crippen molar-refractivity contribution in [3.63, 3.8) is 0 Å². The van der Waals surface area contributed by atoms with E-state index < -0.39 is 0 Å². The van der Waals surface area contributed by atoms with E-state index in [1.54, 1.807) is 0 Å². The van der Waals surface area contributed by atoms with Crippen LogP contribution in [0.1, 0.15) is 40.0 Å². The predicted octanol–water partition coefficient (Wildman–Crippen LogP) is 1.89. The van der Waals surface area contributed by atoms with E-state index in [-0.39, 0.29) is 5.91 Å². The maximum absolute atomic E-state index is 11.2. The first-order chi connectivity index (χ1) is 6.67. The van der Waals surface area contributed by atoms with E-state index in [1.807, 2.05) is 13.0 Å². The Kier molecular flexibility index (Phi) is 6.89. The number of hydrogen-bond acceptors (Lipinski definition) is 2. The van der Waals surface area contributed by atoms with Gasteiger partial charge in [-0.05, 0) is 19.3 Å². The first-order valence-electron chi connectivity index (χ1n) is 5.42. The smallest absolute Gasteiger partial charge is 0.264 e. The Hall–Kier alpha value is -0.990. The van der Waals surface area contributed by atoms with Gasteiger partial charge in [-0.2, -0.15) is 0 Å². The van der Waals surface area contributed by atoms with E-state index in [0.29, 0.717) is 5.70 Å². The summed E-state index contributed by atoms with van der Waals surface area (Å²) in [7, 11) is 0. The van der Waals surface area contributed by atoms with Crippen molar-refractivity contribution in [2.75, 3.05) is 13.1 Å². The minimum atomic E-state index is -0.311. The normalized spacial score (nSPS) is 11.5. The van der Waals surface area contributed by atoms with Crippen LogP contribution in [0.2, 0.25) is 0 Å². The number of allylic oxidation sites excluding steroid dienone is 1. The van der Waals surface area contributed by atoms with Gasteiger partial charge in [-0.1, -0.05) is 26.8 Å². The quantitative estimate of drug-likeness (QED) is 0.635. The Morgan fingerprint density at radius 2 is 1.71 bits per heavy atom. The van der Waals surface area contributed by atoms with Crippen molar-refractivity contribution in [3.8, 4) is 0 Å². The Morgan fingerprint density at radius 3 is 2.00 bits per heavy atom. The van der Waals surface area contributed by atoms with Gasteiger partial charge in [0.25, 0.3) is 5.91 Å². The maximum atomic E-state index is 11.2. The maximum Gasteiger partial charge on any atom is 0.264 e. The van der Waals surface area contributed by atoms with Gasteiger partial charge in [0.05, 0.1) is 5.70 Å². The van der Waals surface area contributed by atoms with E-state index in [2.05, 4.69) is 18.7 Å². The zero-order valence-corrected chi connectivity index (χ0v) is 9.55. The molecule has 0 radical (unpaired) electrons. The minimum absolute atomic E-state index is 0.311. The van der Waals surface area contributed by atoms with Crippen molar-refractivity contribution in [1.82, 2.24) is 4.90 Å². The van der Waals surface area contributed by atoms with Crippen LogP contribution in [-0.2, 0) is 4.79 Å². The van der Waals surface area contributed by atoms with Crippen LogP contribution in [0.4, 0.5) is 0 Å². The van der Waals surface area contributed by atoms with Crippen molar-refractivity contribution < 1.29 is 4.79 Å². The Bertz CT molecular complexity index is 193. The lowest BCUT2D eigenvalue weighted by Crippen LogP contribution is -2.32. The second-order valence-electron chi connectivity index (χ2n) is 3.35. The summed E-state index contributed by atoms with van der Waals surface area (Å²) in [6.45, 7) is 8.03. The number of carbonyl (C=O) groups excluding carboxylic acids is 1. The molecule has 0 aliphatic heterocycles. The van der Waals surface area contributed by atoms with Gasteiger partial charge < -0.3 is 10.6 Å². The zero-order valence-electron chi connectivity index (χ0n) is 9.55. The number of nitrogens with zero attached hydrogens (tertiary/aromatic N) is 1. The van der Waals surface area contributed by atoms with Crippen molar-refractivity contribution in [2.24, 2.45) is 5.73 Å². The lowest BCUT2D eigenvalue weighted by Gasteiger charge is -2.24. The molecule has 1 amide bonds. The molecule has 3 nitrogen and oxygen atoms in total. The molecule has 0 bridgehead atoms. The van der Waals surface area contributed by atoms with Gasteiger partial charge in [0.15, 0.2) is 0 Å². The molecule has 0 aliphatic rings. The third kappa shape index (κ3) is 4.30. The standard InChI is InChI=1S/C11H22N2O/c1-4-7-10(11(12)14)13(8-5-2)9-6-3/h7H,4-6,8-9H2,1-3H3,(H2,12,14)/b10-7+. The highest BCUT2D eigenvalue weighted by Crippen LogP contribution is 2.07. The Labute approximate surface area is 87.0 Å². The highest BCUT2D eigenvalue weighted by molar-refractivity contribution is 5.91. The molecule has 0 aromatic rings. The second-order valence-corrected chi connectivity index (χ2v) is 3.35. The average molecular weight is 198 g/mol. The summed E-state index contributed by atoms with van der Waals surface area (Å²) in [6.07, 6.45) is 4.83. The fourth-order valence-electron chi connectivity index (χ4n) is 1.47. The topological polar surface area (TPSA) is 46.3 Å². The molecule has 0 aromatic heterocycles. The molecule has 82 valence electrons. The van der Waals surface area contributed by atoms with E-state index in [9.17, 15) is 4.79 Å². The van der Waals surface area contributed by atoms with Gasteiger partial charge in [-0.3, -0.25) is 4.79 Å². The second kappa shape index (κ2) is 7.42. The number of nitrogens with two attached hydrogens (primary N) is 1. The lowest BCUT2D eigenvalue weighted by molar-refractivity contribution is -0.116. The molecule has 0 heterocycles. The lowest BCUT2D eigenvalue weighted by atomic mass is 10.2. The molecular weight excluding hydrogens is 176 g/mol. The van der Waals surface area contributed by atoms with Crippen molar-refractivity contribution in [2.45, 2.75) is 40.0 Å². The van der Waals surface area contributed by atoms with Gasteiger partial charge in [0, 0.05) is 13.1 Å². The summed E-state index contributed by atoms with van der Waals surface area (Å²) >= 11 is 0. The van der Waals surface area contributed by atoms with E-state index in [0.717, 1.165) is 32.4 Å². The summed E-state index contributed by atoms with van der Waals surface area (Å²) in [4.78, 5) is 13.3. The third-order valence-electron chi connectivity index (χ3n) is 1.98. The monoisotopic (exact) mass is 198 g/mol. The van der Waals surface area contributed by atoms with Crippen LogP contribution in [0.15, 0.2) is 11.8 Å². The summed E-state index contributed by atoms with van der Waals surface area (Å²) < 4.78 is 0. The van der Waals surface area contributed by atoms with Crippen LogP contribution in [0.3, 0.4) is 0 Å². The van der Waals surface area contributed by atoms with Crippen LogP contribution >= 0.6 is 0 Å². The number of amides is 1. The molecule has 0 aromatic carbocycles. The highest BCUT2D eigenvalue weighted by Gasteiger charge is 2.12. The molecule has 0 saturated heterocycles. The number of carbonyl (C=O) groups is 1. The molecule has 0 spiro atoms. The van der Waals surface area contributed by atoms with Gasteiger partial charge in [-0.15, -0.1) is 0 Å². The molecule has 0 atom stereocenters. The van der Waals surface area contributed by atoms with Crippen LogP contribution in [0, 0.1) is 0 Å². The van der Waals surface area contributed by atoms with Gasteiger partial charge in [-0.25, -0.2) is 0 Å². The molecule has 0 fully saturated rings. The van der Waals surface area contributed by atoms with Crippen molar-refractivity contribution >= 4 is 5.91 Å². The summed E-state index contributed by atoms with van der Waals surface area (Å²) in [5.41, 5.74) is 6.01. The number of primary amides is 1. The van der Waals surface area contributed by atoms with Crippen LogP contribution in [0.5, 0.6) is 0 Å². The molecule has 0 saturated carbocycles. The number of hydrogen-bond donors (Lipinski definition) is 1. The highest BCUT2D eigenvalue weighted by atomic mass is 16.1. The van der Waals surface area contributed by atoms with Crippen LogP contribution in [-0.4, -0.2) is 23.9 Å². The van der Waals surface area contributed by atoms with Gasteiger partial charge in [0.2, 0.25) is 0 Å². The molecular formula is C11H22N2O. The summed E-state index contributed by atoms with van der Waals surface area (Å²) in [5, 5.41) is 0. The average Bonchev–Trinajstić information content (AvgIpc) is 2.13. The van der Waals surface area contributed by atoms with Crippen LogP contribution in [0.25, 0.3) is 0 Å². The van der Waals surface area contributed by atoms with Gasteiger partial charge >= 0.3 is 0 Å². The molecule has 0 rings (SSSR count). The SMILES string of the molecule is CC/C=C(\C(N)=O)N(CCC)CCC. The largest absolute Gasteiger partial charge is 0.367 e. The zero-order chi connectivity index (χ0) is 11.0. The van der Waals surface area contributed by atoms with Crippen molar-refractivity contribution in [1.29, 1.82) is 0 Å². The molecule has 14 heavy (non-hydrogen) atoms. The van der Waals surface area contributed by atoms with Crippen molar-refractivity contribution in [3.05, 3.63) is 11.8 Å². The van der Waals surface area contributed by atoms with E-state index in [4.69, 9.17) is 5.73 Å². The van der Waals surface area contributed by atoms with Crippen LogP contribution < -0.4 is 5.73 Å². The molecule has 2 N–H and O–H groups in total. The molecule has 0 aliphatic carbocycles. The predicted molar refractivity (Wildman–Crippen MR) is 59.7 cm³/mol. The van der Waals surface area contributed by atoms with Gasteiger partial charge in [0.1, 0.15) is 0 Å². The summed E-state index contributed by atoms with van der Waals surface area (Å²) in [6, 6.07) is 0. The minimum Gasteiger partial charge on any atom is -0.367 e. The fourth-order valence-corrected chi connectivity index (χ4v) is 1.47. The Balaban J connectivity index is 4.54. The summed E-state index contributed by atoms with van der Waals surface area (Å²) in [5.74, 6) is -0.311. The first-order valence-corrected chi connectivity index (χ1v) is 5.42. The first kappa shape index (κ1) is 13.0. The molecule has 0 unspecified atom stereocenters. The third-order valence-corrected chi connectivity index (χ3v) is 1.98. The van der Waals surface area contributed by atoms with E-state index in [1.165, 1.54) is 0 Å². The fraction of sp³-hybridized carbons (Fsp3) is 0.727. The molecule has 3 heteroatoms. The number of rotatable bonds is 7. The Morgan fingerprint density at radius 1 is 1.21 bits per heavy atom.